The van der Waals surface area contributed by atoms with Crippen LogP contribution in [0.2, 0.25) is 0 Å². The molecule has 4 heteroatoms. The van der Waals surface area contributed by atoms with Gasteiger partial charge in [0.15, 0.2) is 0 Å². The molecule has 0 saturated heterocycles. The van der Waals surface area contributed by atoms with E-state index in [0.717, 1.165) is 16.6 Å². The third-order valence-corrected chi connectivity index (χ3v) is 3.29. The molecule has 1 atom stereocenters. The van der Waals surface area contributed by atoms with Crippen molar-refractivity contribution in [3.63, 3.8) is 0 Å². The quantitative estimate of drug-likeness (QED) is 0.764. The monoisotopic (exact) mass is 265 g/mol. The number of carbonyl (C=O) groups is 1. The number of nitrogens with one attached hydrogen (secondary N) is 2. The molecule has 0 bridgehead atoms. The fourth-order valence-electron chi connectivity index (χ4n) is 2.19. The van der Waals surface area contributed by atoms with Crippen molar-refractivity contribution in [2.75, 3.05) is 0 Å². The average molecular weight is 265 g/mol. The summed E-state index contributed by atoms with van der Waals surface area (Å²) < 4.78 is 0. The lowest BCUT2D eigenvalue weighted by Gasteiger charge is -2.11. The molecule has 0 saturated carbocycles. The van der Waals surface area contributed by atoms with Gasteiger partial charge in [-0.1, -0.05) is 30.3 Å². The molecule has 1 unspecified atom stereocenters. The maximum absolute atomic E-state index is 12.2. The molecule has 0 aliphatic heterocycles. The predicted molar refractivity (Wildman–Crippen MR) is 78.4 cm³/mol. The first-order valence-electron chi connectivity index (χ1n) is 6.53. The second-order valence-corrected chi connectivity index (χ2v) is 4.73. The topological polar surface area (TPSA) is 57.8 Å². The van der Waals surface area contributed by atoms with Gasteiger partial charge in [0.2, 0.25) is 0 Å². The molecule has 0 aliphatic carbocycles. The first-order chi connectivity index (χ1) is 9.74. The molecule has 2 aromatic carbocycles. The Morgan fingerprint density at radius 3 is 2.75 bits per heavy atom. The lowest BCUT2D eigenvalue weighted by atomic mass is 10.1. The Morgan fingerprint density at radius 2 is 2.00 bits per heavy atom. The van der Waals surface area contributed by atoms with Crippen LogP contribution in [-0.2, 0) is 0 Å². The Hall–Kier alpha value is -2.62. The van der Waals surface area contributed by atoms with Crippen LogP contribution in [0.25, 0.3) is 10.8 Å². The van der Waals surface area contributed by atoms with Crippen LogP contribution in [0.1, 0.15) is 29.1 Å². The normalized spacial score (nSPS) is 12.2. The number of H-pyrrole nitrogens is 1. The number of aromatic amines is 1. The standard InChI is InChI=1S/C16H15N3O/c1-11(15-17-8-9-18-15)19-16(20)14-7-6-12-4-2-3-5-13(12)10-14/h2-11H,1H3,(H,17,18)(H,19,20). The third kappa shape index (κ3) is 2.40. The number of hydrogen-bond acceptors (Lipinski definition) is 2. The molecule has 0 fully saturated rings. The molecule has 1 aromatic heterocycles. The third-order valence-electron chi connectivity index (χ3n) is 3.29. The Kier molecular flexibility index (Phi) is 3.21. The molecule has 100 valence electrons. The van der Waals surface area contributed by atoms with E-state index in [0.29, 0.717) is 5.56 Å². The Bertz CT molecular complexity index is 734. The summed E-state index contributed by atoms with van der Waals surface area (Å²) in [4.78, 5) is 19.4. The number of hydrogen-bond donors (Lipinski definition) is 2. The van der Waals surface area contributed by atoms with Crippen LogP contribution in [0.15, 0.2) is 54.9 Å². The molecule has 0 aliphatic rings. The fraction of sp³-hybridized carbons (Fsp3) is 0.125. The summed E-state index contributed by atoms with van der Waals surface area (Å²) in [6.45, 7) is 1.90. The van der Waals surface area contributed by atoms with Crippen LogP contribution in [0.4, 0.5) is 0 Å². The number of fused-ring (bicyclic) bond motifs is 1. The van der Waals surface area contributed by atoms with Crippen molar-refractivity contribution < 1.29 is 4.79 Å². The summed E-state index contributed by atoms with van der Waals surface area (Å²) in [5.74, 6) is 0.652. The van der Waals surface area contributed by atoms with Gasteiger partial charge in [0.05, 0.1) is 6.04 Å². The van der Waals surface area contributed by atoms with Gasteiger partial charge in [0, 0.05) is 18.0 Å². The first kappa shape index (κ1) is 12.4. The molecule has 0 spiro atoms. The van der Waals surface area contributed by atoms with Crippen molar-refractivity contribution >= 4 is 16.7 Å². The lowest BCUT2D eigenvalue weighted by molar-refractivity contribution is 0.0938. The summed E-state index contributed by atoms with van der Waals surface area (Å²) in [6.07, 6.45) is 3.42. The van der Waals surface area contributed by atoms with Crippen molar-refractivity contribution in [2.24, 2.45) is 0 Å². The maximum Gasteiger partial charge on any atom is 0.251 e. The van der Waals surface area contributed by atoms with Crippen LogP contribution in [0.5, 0.6) is 0 Å². The van der Waals surface area contributed by atoms with Crippen molar-refractivity contribution in [1.29, 1.82) is 0 Å². The summed E-state index contributed by atoms with van der Waals surface area (Å²) in [5, 5.41) is 5.12. The van der Waals surface area contributed by atoms with Crippen LogP contribution < -0.4 is 5.32 Å². The zero-order chi connectivity index (χ0) is 13.9. The highest BCUT2D eigenvalue weighted by atomic mass is 16.1. The zero-order valence-electron chi connectivity index (χ0n) is 11.1. The van der Waals surface area contributed by atoms with Gasteiger partial charge >= 0.3 is 0 Å². The minimum absolute atomic E-state index is 0.0975. The number of amides is 1. The van der Waals surface area contributed by atoms with E-state index in [9.17, 15) is 4.79 Å². The van der Waals surface area contributed by atoms with Crippen molar-refractivity contribution in [2.45, 2.75) is 13.0 Å². The minimum Gasteiger partial charge on any atom is -0.347 e. The zero-order valence-corrected chi connectivity index (χ0v) is 11.1. The molecule has 2 N–H and O–H groups in total. The highest BCUT2D eigenvalue weighted by Gasteiger charge is 2.13. The first-order valence-corrected chi connectivity index (χ1v) is 6.53. The van der Waals surface area contributed by atoms with Gasteiger partial charge in [-0.2, -0.15) is 0 Å². The van der Waals surface area contributed by atoms with E-state index in [1.165, 1.54) is 0 Å². The molecular weight excluding hydrogens is 250 g/mol. The van der Waals surface area contributed by atoms with Crippen LogP contribution in [-0.4, -0.2) is 15.9 Å². The van der Waals surface area contributed by atoms with Crippen molar-refractivity contribution in [3.8, 4) is 0 Å². The average Bonchev–Trinajstić information content (AvgIpc) is 3.01. The molecule has 1 amide bonds. The molecule has 0 radical (unpaired) electrons. The largest absolute Gasteiger partial charge is 0.347 e. The second-order valence-electron chi connectivity index (χ2n) is 4.73. The summed E-state index contributed by atoms with van der Waals surface area (Å²) in [6, 6.07) is 13.5. The number of aromatic nitrogens is 2. The highest BCUT2D eigenvalue weighted by molar-refractivity contribution is 5.98. The van der Waals surface area contributed by atoms with E-state index in [1.54, 1.807) is 12.4 Å². The lowest BCUT2D eigenvalue weighted by Crippen LogP contribution is -2.27. The molecule has 3 aromatic rings. The molecule has 20 heavy (non-hydrogen) atoms. The van der Waals surface area contributed by atoms with Gasteiger partial charge < -0.3 is 10.3 Å². The Morgan fingerprint density at radius 1 is 1.20 bits per heavy atom. The van der Waals surface area contributed by atoms with Gasteiger partial charge in [-0.05, 0) is 29.8 Å². The summed E-state index contributed by atoms with van der Waals surface area (Å²) >= 11 is 0. The molecule has 1 heterocycles. The fourth-order valence-corrected chi connectivity index (χ4v) is 2.19. The molecule has 3 rings (SSSR count). The van der Waals surface area contributed by atoms with E-state index in [1.807, 2.05) is 49.4 Å². The van der Waals surface area contributed by atoms with Crippen molar-refractivity contribution in [3.05, 3.63) is 66.2 Å². The van der Waals surface area contributed by atoms with Crippen LogP contribution >= 0.6 is 0 Å². The van der Waals surface area contributed by atoms with Crippen molar-refractivity contribution in [1.82, 2.24) is 15.3 Å². The number of carbonyl (C=O) groups excluding carboxylic acids is 1. The summed E-state index contributed by atoms with van der Waals surface area (Å²) in [7, 11) is 0. The van der Waals surface area contributed by atoms with E-state index in [2.05, 4.69) is 15.3 Å². The smallest absolute Gasteiger partial charge is 0.251 e. The van der Waals surface area contributed by atoms with Crippen LogP contribution in [0.3, 0.4) is 0 Å². The van der Waals surface area contributed by atoms with Gasteiger partial charge in [-0.15, -0.1) is 0 Å². The number of imidazole rings is 1. The van der Waals surface area contributed by atoms with Gasteiger partial charge in [0.25, 0.3) is 5.91 Å². The highest BCUT2D eigenvalue weighted by Crippen LogP contribution is 2.16. The number of benzene rings is 2. The molecule has 4 nitrogen and oxygen atoms in total. The van der Waals surface area contributed by atoms with Gasteiger partial charge in [-0.25, -0.2) is 4.98 Å². The molecular formula is C16H15N3O. The van der Waals surface area contributed by atoms with Crippen LogP contribution in [0, 0.1) is 0 Å². The second kappa shape index (κ2) is 5.17. The summed E-state index contributed by atoms with van der Waals surface area (Å²) in [5.41, 5.74) is 0.655. The number of rotatable bonds is 3. The predicted octanol–water partition coefficient (Wildman–Crippen LogP) is 3.05. The van der Waals surface area contributed by atoms with E-state index in [4.69, 9.17) is 0 Å². The maximum atomic E-state index is 12.2. The van der Waals surface area contributed by atoms with E-state index in [-0.39, 0.29) is 11.9 Å². The SMILES string of the molecule is CC(NC(=O)c1ccc2ccccc2c1)c1ncc[nH]1. The van der Waals surface area contributed by atoms with E-state index >= 15 is 0 Å². The minimum atomic E-state index is -0.149. The van der Waals surface area contributed by atoms with E-state index < -0.39 is 0 Å². The number of nitrogens with zero attached hydrogens (tertiary/aromatic N) is 1. The van der Waals surface area contributed by atoms with Gasteiger partial charge in [-0.3, -0.25) is 4.79 Å². The Labute approximate surface area is 116 Å². The van der Waals surface area contributed by atoms with Gasteiger partial charge in [0.1, 0.15) is 5.82 Å². The Balaban J connectivity index is 1.82.